The number of aromatic nitrogens is 2. The molecule has 0 spiro atoms. The molecule has 0 aliphatic carbocycles. The van der Waals surface area contributed by atoms with Gasteiger partial charge in [0.2, 0.25) is 0 Å². The average Bonchev–Trinajstić information content (AvgIpc) is 2.78. The summed E-state index contributed by atoms with van der Waals surface area (Å²) in [5, 5.41) is 7.59. The van der Waals surface area contributed by atoms with Crippen molar-refractivity contribution in [1.29, 1.82) is 0 Å². The van der Waals surface area contributed by atoms with Gasteiger partial charge in [-0.2, -0.15) is 5.10 Å². The van der Waals surface area contributed by atoms with Crippen LogP contribution in [0.4, 0.5) is 8.78 Å². The van der Waals surface area contributed by atoms with Crippen LogP contribution in [0.25, 0.3) is 0 Å². The zero-order chi connectivity index (χ0) is 14.8. The molecule has 1 N–H and O–H groups in total. The van der Waals surface area contributed by atoms with Gasteiger partial charge in [0.25, 0.3) is 0 Å². The molecule has 0 unspecified atom stereocenters. The van der Waals surface area contributed by atoms with Crippen LogP contribution in [-0.4, -0.2) is 15.3 Å². The highest BCUT2D eigenvalue weighted by atomic mass is 19.2. The summed E-state index contributed by atoms with van der Waals surface area (Å²) in [6, 6.07) is 3.90. The van der Waals surface area contributed by atoms with Crippen LogP contribution in [0, 0.1) is 11.6 Å². The molecular formula is C15H19F2N3. The molecule has 0 radical (unpaired) electrons. The Morgan fingerprint density at radius 1 is 1.15 bits per heavy atom. The van der Waals surface area contributed by atoms with E-state index in [2.05, 4.69) is 31.2 Å². The summed E-state index contributed by atoms with van der Waals surface area (Å²) in [5.74, 6) is -1.66. The van der Waals surface area contributed by atoms with Crippen LogP contribution in [0.15, 0.2) is 30.6 Å². The lowest BCUT2D eigenvalue weighted by Crippen LogP contribution is -2.34. The van der Waals surface area contributed by atoms with Gasteiger partial charge in [-0.25, -0.2) is 8.78 Å². The predicted molar refractivity (Wildman–Crippen MR) is 74.3 cm³/mol. The van der Waals surface area contributed by atoms with Crippen molar-refractivity contribution in [3.8, 4) is 0 Å². The molecule has 0 aliphatic rings. The van der Waals surface area contributed by atoms with Gasteiger partial charge in [-0.3, -0.25) is 4.68 Å². The van der Waals surface area contributed by atoms with E-state index >= 15 is 0 Å². The summed E-state index contributed by atoms with van der Waals surface area (Å²) in [6.07, 6.45) is 3.68. The van der Waals surface area contributed by atoms with E-state index in [1.807, 2.05) is 6.20 Å². The van der Waals surface area contributed by atoms with Crippen molar-refractivity contribution in [1.82, 2.24) is 15.1 Å². The zero-order valence-corrected chi connectivity index (χ0v) is 12.0. The predicted octanol–water partition coefficient (Wildman–Crippen LogP) is 3.10. The molecule has 0 bridgehead atoms. The van der Waals surface area contributed by atoms with Crippen molar-refractivity contribution in [3.63, 3.8) is 0 Å². The molecule has 108 valence electrons. The molecule has 3 nitrogen and oxygen atoms in total. The normalized spacial score (nSPS) is 11.8. The van der Waals surface area contributed by atoms with E-state index in [-0.39, 0.29) is 5.54 Å². The first-order chi connectivity index (χ1) is 9.33. The van der Waals surface area contributed by atoms with Crippen LogP contribution in [0.5, 0.6) is 0 Å². The smallest absolute Gasteiger partial charge is 0.159 e. The summed E-state index contributed by atoms with van der Waals surface area (Å²) >= 11 is 0. The highest BCUT2D eigenvalue weighted by molar-refractivity contribution is 5.18. The lowest BCUT2D eigenvalue weighted by Gasteiger charge is -2.19. The summed E-state index contributed by atoms with van der Waals surface area (Å²) in [5.41, 5.74) is 1.78. The van der Waals surface area contributed by atoms with Gasteiger partial charge in [-0.1, -0.05) is 6.07 Å². The van der Waals surface area contributed by atoms with Crippen molar-refractivity contribution >= 4 is 0 Å². The minimum Gasteiger partial charge on any atom is -0.308 e. The number of hydrogen-bond donors (Lipinski definition) is 1. The number of nitrogens with one attached hydrogen (secondary N) is 1. The molecular weight excluding hydrogens is 260 g/mol. The lowest BCUT2D eigenvalue weighted by atomic mass is 10.1. The van der Waals surface area contributed by atoms with Gasteiger partial charge in [0.15, 0.2) is 11.6 Å². The largest absolute Gasteiger partial charge is 0.308 e. The van der Waals surface area contributed by atoms with Crippen molar-refractivity contribution in [2.45, 2.75) is 39.4 Å². The quantitative estimate of drug-likeness (QED) is 0.932. The van der Waals surface area contributed by atoms with Crippen molar-refractivity contribution < 1.29 is 8.78 Å². The zero-order valence-electron chi connectivity index (χ0n) is 12.0. The molecule has 0 fully saturated rings. The topological polar surface area (TPSA) is 29.9 Å². The number of nitrogens with zero attached hydrogens (tertiary/aromatic N) is 2. The fraction of sp³-hybridized carbons (Fsp3) is 0.400. The highest BCUT2D eigenvalue weighted by Gasteiger charge is 2.09. The van der Waals surface area contributed by atoms with Gasteiger partial charge < -0.3 is 5.32 Å². The molecule has 1 aromatic heterocycles. The number of rotatable bonds is 4. The maximum absolute atomic E-state index is 13.1. The highest BCUT2D eigenvalue weighted by Crippen LogP contribution is 2.10. The second-order valence-corrected chi connectivity index (χ2v) is 5.90. The molecule has 0 saturated heterocycles. The van der Waals surface area contributed by atoms with E-state index in [0.29, 0.717) is 12.1 Å². The third kappa shape index (κ3) is 4.13. The Morgan fingerprint density at radius 3 is 2.55 bits per heavy atom. The Labute approximate surface area is 117 Å². The van der Waals surface area contributed by atoms with Crippen molar-refractivity contribution in [2.75, 3.05) is 0 Å². The second-order valence-electron chi connectivity index (χ2n) is 5.90. The number of hydrogen-bond acceptors (Lipinski definition) is 2. The first-order valence-corrected chi connectivity index (χ1v) is 6.54. The van der Waals surface area contributed by atoms with Crippen LogP contribution >= 0.6 is 0 Å². The van der Waals surface area contributed by atoms with Crippen LogP contribution in [0.1, 0.15) is 31.9 Å². The van der Waals surface area contributed by atoms with Crippen LogP contribution in [0.3, 0.4) is 0 Å². The number of halogens is 2. The molecule has 2 rings (SSSR count). The Bertz CT molecular complexity index is 585. The third-order valence-electron chi connectivity index (χ3n) is 2.84. The van der Waals surface area contributed by atoms with E-state index < -0.39 is 11.6 Å². The van der Waals surface area contributed by atoms with Crippen LogP contribution in [0.2, 0.25) is 0 Å². The molecule has 20 heavy (non-hydrogen) atoms. The third-order valence-corrected chi connectivity index (χ3v) is 2.84. The summed E-state index contributed by atoms with van der Waals surface area (Å²) < 4.78 is 27.7. The van der Waals surface area contributed by atoms with Gasteiger partial charge in [0.1, 0.15) is 0 Å². The molecule has 5 heteroatoms. The SMILES string of the molecule is CC(C)(C)NCc1cnn(Cc2ccc(F)c(F)c2)c1. The Morgan fingerprint density at radius 2 is 1.90 bits per heavy atom. The Hall–Kier alpha value is -1.75. The molecule has 1 heterocycles. The lowest BCUT2D eigenvalue weighted by molar-refractivity contribution is 0.424. The van der Waals surface area contributed by atoms with Crippen LogP contribution < -0.4 is 5.32 Å². The Kier molecular flexibility index (Phi) is 4.18. The van der Waals surface area contributed by atoms with Crippen molar-refractivity contribution in [3.05, 3.63) is 53.4 Å². The van der Waals surface area contributed by atoms with E-state index in [1.54, 1.807) is 16.9 Å². The molecule has 0 atom stereocenters. The van der Waals surface area contributed by atoms with Gasteiger partial charge in [0.05, 0.1) is 12.7 Å². The molecule has 2 aromatic rings. The second kappa shape index (κ2) is 5.71. The fourth-order valence-electron chi connectivity index (χ4n) is 1.78. The first-order valence-electron chi connectivity index (χ1n) is 6.54. The van der Waals surface area contributed by atoms with E-state index in [0.717, 1.165) is 18.2 Å². The van der Waals surface area contributed by atoms with E-state index in [1.165, 1.54) is 6.07 Å². The monoisotopic (exact) mass is 279 g/mol. The van der Waals surface area contributed by atoms with Gasteiger partial charge in [-0.05, 0) is 38.5 Å². The summed E-state index contributed by atoms with van der Waals surface area (Å²) in [6.45, 7) is 7.43. The maximum Gasteiger partial charge on any atom is 0.159 e. The minimum absolute atomic E-state index is 0.0438. The number of benzene rings is 1. The molecule has 1 aromatic carbocycles. The summed E-state index contributed by atoms with van der Waals surface area (Å²) in [7, 11) is 0. The minimum atomic E-state index is -0.829. The molecule has 0 saturated carbocycles. The van der Waals surface area contributed by atoms with Gasteiger partial charge in [0, 0.05) is 23.8 Å². The first kappa shape index (κ1) is 14.7. The Balaban J connectivity index is 2.00. The van der Waals surface area contributed by atoms with E-state index in [9.17, 15) is 8.78 Å². The van der Waals surface area contributed by atoms with Gasteiger partial charge in [-0.15, -0.1) is 0 Å². The molecule has 0 aliphatic heterocycles. The maximum atomic E-state index is 13.1. The summed E-state index contributed by atoms with van der Waals surface area (Å²) in [4.78, 5) is 0. The van der Waals surface area contributed by atoms with Crippen molar-refractivity contribution in [2.24, 2.45) is 0 Å². The van der Waals surface area contributed by atoms with Gasteiger partial charge >= 0.3 is 0 Å². The van der Waals surface area contributed by atoms with Crippen LogP contribution in [-0.2, 0) is 13.1 Å². The molecule has 0 amide bonds. The standard InChI is InChI=1S/C15H19F2N3/c1-15(2,3)18-7-12-8-19-20(10-12)9-11-4-5-13(16)14(17)6-11/h4-6,8,10,18H,7,9H2,1-3H3. The van der Waals surface area contributed by atoms with E-state index in [4.69, 9.17) is 0 Å². The average molecular weight is 279 g/mol. The fourth-order valence-corrected chi connectivity index (χ4v) is 1.78.